The van der Waals surface area contributed by atoms with Gasteiger partial charge in [-0.3, -0.25) is 4.79 Å². The number of imidazole rings is 1. The highest BCUT2D eigenvalue weighted by molar-refractivity contribution is 7.89. The van der Waals surface area contributed by atoms with Crippen LogP contribution in [0, 0.1) is 5.92 Å². The van der Waals surface area contributed by atoms with E-state index in [0.29, 0.717) is 30.8 Å². The molecule has 0 aliphatic heterocycles. The van der Waals surface area contributed by atoms with Gasteiger partial charge in [0, 0.05) is 40.0 Å². The Hall–Kier alpha value is -1.93. The van der Waals surface area contributed by atoms with E-state index in [2.05, 4.69) is 24.1 Å². The molecule has 0 radical (unpaired) electrons. The number of carbonyl (C=O) groups excluding carboxylic acids is 1. The molecule has 0 saturated heterocycles. The van der Waals surface area contributed by atoms with Gasteiger partial charge >= 0.3 is 0 Å². The molecule has 1 amide bonds. The van der Waals surface area contributed by atoms with Gasteiger partial charge in [0.1, 0.15) is 5.82 Å². The third-order valence-electron chi connectivity index (χ3n) is 5.60. The summed E-state index contributed by atoms with van der Waals surface area (Å²) in [7, 11) is -0.482. The van der Waals surface area contributed by atoms with Crippen molar-refractivity contribution in [3.8, 4) is 0 Å². The van der Waals surface area contributed by atoms with Crippen LogP contribution in [0.15, 0.2) is 23.1 Å². The first kappa shape index (κ1) is 24.3. The SMILES string of the molecule is CCCC[C@H](CC)CNC(=O)CCc1nc2cc(S(=O)(=O)N(C)C)ccc2n1CC. The minimum Gasteiger partial charge on any atom is -0.356 e. The Kier molecular flexibility index (Phi) is 8.85. The molecule has 0 aliphatic rings. The topological polar surface area (TPSA) is 84.3 Å². The first-order valence-electron chi connectivity index (χ1n) is 10.9. The number of nitrogens with zero attached hydrogens (tertiary/aromatic N) is 3. The third kappa shape index (κ3) is 5.82. The largest absolute Gasteiger partial charge is 0.356 e. The van der Waals surface area contributed by atoms with Crippen molar-refractivity contribution in [1.29, 1.82) is 0 Å². The Balaban J connectivity index is 2.09. The quantitative estimate of drug-likeness (QED) is 0.551. The van der Waals surface area contributed by atoms with E-state index in [1.165, 1.54) is 31.2 Å². The number of rotatable bonds is 12. The highest BCUT2D eigenvalue weighted by atomic mass is 32.2. The molecule has 2 rings (SSSR count). The number of nitrogens with one attached hydrogen (secondary N) is 1. The molecule has 0 spiro atoms. The number of hydrogen-bond acceptors (Lipinski definition) is 4. The molecule has 1 N–H and O–H groups in total. The number of aryl methyl sites for hydroxylation is 2. The van der Waals surface area contributed by atoms with Crippen LogP contribution in [-0.2, 0) is 27.8 Å². The van der Waals surface area contributed by atoms with E-state index in [1.807, 2.05) is 11.5 Å². The summed E-state index contributed by atoms with van der Waals surface area (Å²) in [6.45, 7) is 7.81. The minimum absolute atomic E-state index is 0.0375. The molecule has 0 unspecified atom stereocenters. The van der Waals surface area contributed by atoms with Gasteiger partial charge in [0.15, 0.2) is 0 Å². The van der Waals surface area contributed by atoms with Crippen molar-refractivity contribution in [3.05, 3.63) is 24.0 Å². The second-order valence-corrected chi connectivity index (χ2v) is 10.1. The summed E-state index contributed by atoms with van der Waals surface area (Å²) in [5.74, 6) is 1.38. The van der Waals surface area contributed by atoms with E-state index in [9.17, 15) is 13.2 Å². The molecule has 30 heavy (non-hydrogen) atoms. The van der Waals surface area contributed by atoms with Crippen molar-refractivity contribution < 1.29 is 13.2 Å². The van der Waals surface area contributed by atoms with Gasteiger partial charge in [-0.05, 0) is 37.5 Å². The second kappa shape index (κ2) is 10.9. The van der Waals surface area contributed by atoms with E-state index in [0.717, 1.165) is 30.7 Å². The Labute approximate surface area is 180 Å². The minimum atomic E-state index is -3.51. The zero-order chi connectivity index (χ0) is 22.3. The maximum Gasteiger partial charge on any atom is 0.242 e. The molecular formula is C22H36N4O3S. The maximum absolute atomic E-state index is 12.4. The van der Waals surface area contributed by atoms with Gasteiger partial charge in [-0.25, -0.2) is 17.7 Å². The summed E-state index contributed by atoms with van der Waals surface area (Å²) in [5.41, 5.74) is 1.53. The molecule has 1 atom stereocenters. The first-order valence-corrected chi connectivity index (χ1v) is 12.4. The van der Waals surface area contributed by atoms with Crippen molar-refractivity contribution in [3.63, 3.8) is 0 Å². The molecule has 7 nitrogen and oxygen atoms in total. The molecule has 0 saturated carbocycles. The molecule has 1 heterocycles. The fourth-order valence-electron chi connectivity index (χ4n) is 3.59. The molecule has 0 bridgehead atoms. The number of hydrogen-bond donors (Lipinski definition) is 1. The van der Waals surface area contributed by atoms with Gasteiger partial charge in [0.2, 0.25) is 15.9 Å². The summed E-state index contributed by atoms with van der Waals surface area (Å²) in [5, 5.41) is 3.06. The lowest BCUT2D eigenvalue weighted by Gasteiger charge is -2.15. The summed E-state index contributed by atoms with van der Waals surface area (Å²) in [6.07, 6.45) is 5.49. The van der Waals surface area contributed by atoms with Crippen LogP contribution in [0.3, 0.4) is 0 Å². The summed E-state index contributed by atoms with van der Waals surface area (Å²) >= 11 is 0. The van der Waals surface area contributed by atoms with Gasteiger partial charge in [-0.1, -0.05) is 33.1 Å². The first-order chi connectivity index (χ1) is 14.2. The predicted molar refractivity (Wildman–Crippen MR) is 121 cm³/mol. The Morgan fingerprint density at radius 1 is 1.23 bits per heavy atom. The van der Waals surface area contributed by atoms with Crippen LogP contribution in [0.2, 0.25) is 0 Å². The summed E-state index contributed by atoms with van der Waals surface area (Å²) in [6, 6.07) is 5.02. The van der Waals surface area contributed by atoms with Crippen LogP contribution in [0.5, 0.6) is 0 Å². The third-order valence-corrected chi connectivity index (χ3v) is 7.41. The molecule has 8 heteroatoms. The Morgan fingerprint density at radius 2 is 1.97 bits per heavy atom. The zero-order valence-corrected chi connectivity index (χ0v) is 19.8. The van der Waals surface area contributed by atoms with E-state index in [1.54, 1.807) is 18.2 Å². The van der Waals surface area contributed by atoms with Gasteiger partial charge < -0.3 is 9.88 Å². The number of unbranched alkanes of at least 4 members (excludes halogenated alkanes) is 1. The zero-order valence-electron chi connectivity index (χ0n) is 18.9. The van der Waals surface area contributed by atoms with Gasteiger partial charge in [0.25, 0.3) is 0 Å². The molecule has 1 aromatic carbocycles. The molecule has 0 fully saturated rings. The highest BCUT2D eigenvalue weighted by Gasteiger charge is 2.20. The predicted octanol–water partition coefficient (Wildman–Crippen LogP) is 3.57. The highest BCUT2D eigenvalue weighted by Crippen LogP contribution is 2.22. The van der Waals surface area contributed by atoms with Crippen LogP contribution in [0.4, 0.5) is 0 Å². The van der Waals surface area contributed by atoms with Gasteiger partial charge in [0.05, 0.1) is 15.9 Å². The van der Waals surface area contributed by atoms with Crippen molar-refractivity contribution >= 4 is 27.0 Å². The lowest BCUT2D eigenvalue weighted by molar-refractivity contribution is -0.121. The van der Waals surface area contributed by atoms with Gasteiger partial charge in [-0.15, -0.1) is 0 Å². The van der Waals surface area contributed by atoms with Crippen LogP contribution in [0.25, 0.3) is 11.0 Å². The van der Waals surface area contributed by atoms with Gasteiger partial charge in [-0.2, -0.15) is 0 Å². The lowest BCUT2D eigenvalue weighted by atomic mass is 9.99. The average molecular weight is 437 g/mol. The van der Waals surface area contributed by atoms with Crippen molar-refractivity contribution in [1.82, 2.24) is 19.2 Å². The maximum atomic E-state index is 12.4. The molecule has 1 aromatic heterocycles. The van der Waals surface area contributed by atoms with E-state index in [-0.39, 0.29) is 10.8 Å². The fourth-order valence-corrected chi connectivity index (χ4v) is 4.51. The summed E-state index contributed by atoms with van der Waals surface area (Å²) in [4.78, 5) is 17.2. The van der Waals surface area contributed by atoms with E-state index >= 15 is 0 Å². The van der Waals surface area contributed by atoms with Crippen molar-refractivity contribution in [2.75, 3.05) is 20.6 Å². The smallest absolute Gasteiger partial charge is 0.242 e. The monoisotopic (exact) mass is 436 g/mol. The van der Waals surface area contributed by atoms with E-state index in [4.69, 9.17) is 0 Å². The molecule has 168 valence electrons. The number of carbonyl (C=O) groups is 1. The van der Waals surface area contributed by atoms with Crippen molar-refractivity contribution in [2.24, 2.45) is 5.92 Å². The number of aromatic nitrogens is 2. The number of fused-ring (bicyclic) bond motifs is 1. The Morgan fingerprint density at radius 3 is 2.57 bits per heavy atom. The average Bonchev–Trinajstić information content (AvgIpc) is 3.08. The lowest BCUT2D eigenvalue weighted by Crippen LogP contribution is -2.29. The second-order valence-electron chi connectivity index (χ2n) is 7.93. The van der Waals surface area contributed by atoms with E-state index < -0.39 is 10.0 Å². The normalized spacial score (nSPS) is 13.1. The number of amides is 1. The number of benzene rings is 1. The van der Waals surface area contributed by atoms with Crippen LogP contribution < -0.4 is 5.32 Å². The fraction of sp³-hybridized carbons (Fsp3) is 0.636. The number of sulfonamides is 1. The summed E-state index contributed by atoms with van der Waals surface area (Å²) < 4.78 is 28.1. The van der Waals surface area contributed by atoms with Crippen LogP contribution in [0.1, 0.15) is 58.7 Å². The van der Waals surface area contributed by atoms with Crippen molar-refractivity contribution in [2.45, 2.75) is 70.7 Å². The molecule has 2 aromatic rings. The molecular weight excluding hydrogens is 400 g/mol. The Bertz CT molecular complexity index is 951. The van der Waals surface area contributed by atoms with Crippen LogP contribution >= 0.6 is 0 Å². The standard InChI is InChI=1S/C22H36N4O3S/c1-6-9-10-17(7-2)16-23-22(27)14-13-21-24-19-15-18(30(28,29)25(4)5)11-12-20(19)26(21)8-3/h11-12,15,17H,6-10,13-14,16H2,1-5H3,(H,23,27)/t17-/m0/s1. The van der Waals surface area contributed by atoms with Crippen LogP contribution in [-0.4, -0.2) is 48.8 Å². The molecule has 0 aliphatic carbocycles.